The molecule has 1 heterocycles. The van der Waals surface area contributed by atoms with Crippen molar-refractivity contribution in [1.29, 1.82) is 0 Å². The molecule has 8 heteroatoms. The van der Waals surface area contributed by atoms with E-state index < -0.39 is 10.0 Å². The fourth-order valence-electron chi connectivity index (χ4n) is 2.90. The molecule has 1 aromatic carbocycles. The molecule has 1 saturated heterocycles. The minimum Gasteiger partial charge on any atom is -0.339 e. The van der Waals surface area contributed by atoms with Crippen LogP contribution in [0.5, 0.6) is 0 Å². The van der Waals surface area contributed by atoms with Crippen LogP contribution in [-0.4, -0.2) is 62.8 Å². The first-order chi connectivity index (χ1) is 11.7. The Kier molecular flexibility index (Phi) is 6.18. The van der Waals surface area contributed by atoms with Gasteiger partial charge in [-0.05, 0) is 25.5 Å². The Hall–Kier alpha value is -1.93. The number of aryl methyl sites for hydroxylation is 2. The summed E-state index contributed by atoms with van der Waals surface area (Å²) >= 11 is 0. The number of hydrogen-bond donors (Lipinski definition) is 1. The lowest BCUT2D eigenvalue weighted by atomic mass is 10.2. The minimum atomic E-state index is -3.63. The number of piperazine rings is 1. The monoisotopic (exact) mass is 367 g/mol. The second-order valence-electron chi connectivity index (χ2n) is 6.30. The van der Waals surface area contributed by atoms with Gasteiger partial charge in [0.2, 0.25) is 21.8 Å². The molecule has 2 rings (SSSR count). The number of rotatable bonds is 5. The van der Waals surface area contributed by atoms with E-state index in [4.69, 9.17) is 0 Å². The van der Waals surface area contributed by atoms with Crippen molar-refractivity contribution in [3.05, 3.63) is 29.3 Å². The quantitative estimate of drug-likeness (QED) is 0.828. The van der Waals surface area contributed by atoms with Gasteiger partial charge in [0.05, 0.1) is 4.90 Å². The van der Waals surface area contributed by atoms with E-state index in [1.54, 1.807) is 28.9 Å². The largest absolute Gasteiger partial charge is 0.339 e. The Labute approximate surface area is 149 Å². The fraction of sp³-hybridized carbons (Fsp3) is 0.529. The number of sulfonamides is 1. The van der Waals surface area contributed by atoms with E-state index >= 15 is 0 Å². The van der Waals surface area contributed by atoms with Gasteiger partial charge in [-0.1, -0.05) is 17.7 Å². The maximum atomic E-state index is 12.4. The van der Waals surface area contributed by atoms with Crippen LogP contribution in [0, 0.1) is 13.8 Å². The molecule has 0 unspecified atom stereocenters. The third-order valence-electron chi connectivity index (χ3n) is 4.33. The Balaban J connectivity index is 1.85. The van der Waals surface area contributed by atoms with Gasteiger partial charge in [-0.25, -0.2) is 13.1 Å². The van der Waals surface area contributed by atoms with E-state index in [1.165, 1.54) is 6.92 Å². The highest BCUT2D eigenvalue weighted by atomic mass is 32.2. The average Bonchev–Trinajstić information content (AvgIpc) is 2.54. The van der Waals surface area contributed by atoms with Crippen molar-refractivity contribution in [3.63, 3.8) is 0 Å². The van der Waals surface area contributed by atoms with Crippen LogP contribution in [0.3, 0.4) is 0 Å². The van der Waals surface area contributed by atoms with Crippen molar-refractivity contribution in [3.8, 4) is 0 Å². The minimum absolute atomic E-state index is 0.00771. The van der Waals surface area contributed by atoms with Gasteiger partial charge in [0.25, 0.3) is 0 Å². The number of nitrogens with zero attached hydrogens (tertiary/aromatic N) is 2. The van der Waals surface area contributed by atoms with Crippen LogP contribution < -0.4 is 4.72 Å². The fourth-order valence-corrected chi connectivity index (χ4v) is 4.16. The number of carbonyl (C=O) groups excluding carboxylic acids is 2. The molecule has 1 aliphatic rings. The summed E-state index contributed by atoms with van der Waals surface area (Å²) in [6, 6.07) is 5.14. The Morgan fingerprint density at radius 1 is 1.08 bits per heavy atom. The lowest BCUT2D eigenvalue weighted by Crippen LogP contribution is -2.50. The maximum Gasteiger partial charge on any atom is 0.240 e. The summed E-state index contributed by atoms with van der Waals surface area (Å²) in [4.78, 5) is 27.1. The highest BCUT2D eigenvalue weighted by Gasteiger charge is 2.23. The van der Waals surface area contributed by atoms with Gasteiger partial charge >= 0.3 is 0 Å². The summed E-state index contributed by atoms with van der Waals surface area (Å²) in [7, 11) is -3.63. The zero-order valence-corrected chi connectivity index (χ0v) is 15.7. The number of carbonyl (C=O) groups is 2. The molecular formula is C17H25N3O4S. The van der Waals surface area contributed by atoms with Gasteiger partial charge in [0.1, 0.15) is 0 Å². The summed E-state index contributed by atoms with van der Waals surface area (Å²) in [6.45, 7) is 7.25. The molecular weight excluding hydrogens is 342 g/mol. The van der Waals surface area contributed by atoms with Gasteiger partial charge in [-0.3, -0.25) is 9.59 Å². The third kappa shape index (κ3) is 5.02. The molecule has 25 heavy (non-hydrogen) atoms. The van der Waals surface area contributed by atoms with Crippen molar-refractivity contribution in [2.75, 3.05) is 32.7 Å². The van der Waals surface area contributed by atoms with Crippen LogP contribution in [0.1, 0.15) is 24.5 Å². The van der Waals surface area contributed by atoms with Crippen LogP contribution in [0.25, 0.3) is 0 Å². The van der Waals surface area contributed by atoms with Gasteiger partial charge in [-0.2, -0.15) is 0 Å². The molecule has 1 aliphatic heterocycles. The Morgan fingerprint density at radius 3 is 2.24 bits per heavy atom. The summed E-state index contributed by atoms with van der Waals surface area (Å²) in [6.07, 6.45) is 0.101. The summed E-state index contributed by atoms with van der Waals surface area (Å²) in [5.41, 5.74) is 1.68. The first kappa shape index (κ1) is 19.4. The smallest absolute Gasteiger partial charge is 0.240 e. The Morgan fingerprint density at radius 2 is 1.68 bits per heavy atom. The van der Waals surface area contributed by atoms with Crippen LogP contribution in [0.2, 0.25) is 0 Å². The van der Waals surface area contributed by atoms with Gasteiger partial charge < -0.3 is 9.80 Å². The topological polar surface area (TPSA) is 86.8 Å². The van der Waals surface area contributed by atoms with Crippen LogP contribution in [-0.2, 0) is 19.6 Å². The maximum absolute atomic E-state index is 12.4. The third-order valence-corrected chi connectivity index (χ3v) is 5.95. The molecule has 7 nitrogen and oxygen atoms in total. The standard InChI is InChI=1S/C17H25N3O4S/c1-13-4-5-16(14(2)12-13)25(23,24)18-7-6-17(22)20-10-8-19(9-11-20)15(3)21/h4-5,12,18H,6-11H2,1-3H3. The van der Waals surface area contributed by atoms with Crippen molar-refractivity contribution in [2.45, 2.75) is 32.1 Å². The van der Waals surface area contributed by atoms with E-state index in [1.807, 2.05) is 13.0 Å². The van der Waals surface area contributed by atoms with E-state index in [9.17, 15) is 18.0 Å². The van der Waals surface area contributed by atoms with Crippen LogP contribution >= 0.6 is 0 Å². The zero-order valence-electron chi connectivity index (χ0n) is 14.9. The molecule has 0 aromatic heterocycles. The molecule has 0 radical (unpaired) electrons. The van der Waals surface area contributed by atoms with E-state index in [2.05, 4.69) is 4.72 Å². The number of nitrogens with one attached hydrogen (secondary N) is 1. The molecule has 0 atom stereocenters. The first-order valence-corrected chi connectivity index (χ1v) is 9.79. The van der Waals surface area contributed by atoms with E-state index in [0.717, 1.165) is 5.56 Å². The molecule has 1 fully saturated rings. The van der Waals surface area contributed by atoms with Crippen molar-refractivity contribution in [2.24, 2.45) is 0 Å². The number of benzene rings is 1. The Bertz CT molecular complexity index is 753. The number of amides is 2. The summed E-state index contributed by atoms with van der Waals surface area (Å²) < 4.78 is 27.2. The van der Waals surface area contributed by atoms with Crippen molar-refractivity contribution < 1.29 is 18.0 Å². The molecule has 1 N–H and O–H groups in total. The second kappa shape index (κ2) is 7.97. The van der Waals surface area contributed by atoms with Crippen molar-refractivity contribution >= 4 is 21.8 Å². The number of hydrogen-bond acceptors (Lipinski definition) is 4. The molecule has 0 spiro atoms. The van der Waals surface area contributed by atoms with Gasteiger partial charge in [0.15, 0.2) is 0 Å². The van der Waals surface area contributed by atoms with E-state index in [-0.39, 0.29) is 29.7 Å². The van der Waals surface area contributed by atoms with Crippen LogP contribution in [0.15, 0.2) is 23.1 Å². The molecule has 138 valence electrons. The normalized spacial score (nSPS) is 15.3. The predicted molar refractivity (Wildman–Crippen MR) is 94.6 cm³/mol. The summed E-state index contributed by atoms with van der Waals surface area (Å²) in [5.74, 6) is -0.0974. The molecule has 0 aliphatic carbocycles. The highest BCUT2D eigenvalue weighted by molar-refractivity contribution is 7.89. The summed E-state index contributed by atoms with van der Waals surface area (Å²) in [5, 5.41) is 0. The lowest BCUT2D eigenvalue weighted by molar-refractivity contribution is -0.138. The molecule has 2 amide bonds. The van der Waals surface area contributed by atoms with Crippen LogP contribution in [0.4, 0.5) is 0 Å². The highest BCUT2D eigenvalue weighted by Crippen LogP contribution is 2.16. The second-order valence-corrected chi connectivity index (χ2v) is 8.04. The van der Waals surface area contributed by atoms with Gasteiger partial charge in [0, 0.05) is 46.1 Å². The SMILES string of the molecule is CC(=O)N1CCN(C(=O)CCNS(=O)(=O)c2ccc(C)cc2C)CC1. The average molecular weight is 367 g/mol. The molecule has 0 bridgehead atoms. The predicted octanol–water partition coefficient (Wildman–Crippen LogP) is 0.663. The molecule has 0 saturated carbocycles. The lowest BCUT2D eigenvalue weighted by Gasteiger charge is -2.34. The van der Waals surface area contributed by atoms with Gasteiger partial charge in [-0.15, -0.1) is 0 Å². The van der Waals surface area contributed by atoms with E-state index in [0.29, 0.717) is 31.7 Å². The molecule has 1 aromatic rings. The first-order valence-electron chi connectivity index (χ1n) is 8.31. The zero-order chi connectivity index (χ0) is 18.6. The van der Waals surface area contributed by atoms with Crippen molar-refractivity contribution in [1.82, 2.24) is 14.5 Å².